The van der Waals surface area contributed by atoms with Crippen LogP contribution in [0.1, 0.15) is 18.0 Å². The predicted octanol–water partition coefficient (Wildman–Crippen LogP) is 2.49. The second kappa shape index (κ2) is 5.84. The lowest BCUT2D eigenvalue weighted by Crippen LogP contribution is -2.32. The summed E-state index contributed by atoms with van der Waals surface area (Å²) in [6, 6.07) is 12.2. The van der Waals surface area contributed by atoms with Gasteiger partial charge in [0.2, 0.25) is 5.91 Å². The number of hydrogen-bond donors (Lipinski definition) is 2. The van der Waals surface area contributed by atoms with Gasteiger partial charge in [0.05, 0.1) is 23.0 Å². The molecule has 0 saturated carbocycles. The topological polar surface area (TPSA) is 86.7 Å². The van der Waals surface area contributed by atoms with Gasteiger partial charge < -0.3 is 0 Å². The van der Waals surface area contributed by atoms with Crippen LogP contribution in [-0.2, 0) is 14.8 Å². The Morgan fingerprint density at radius 2 is 1.87 bits per heavy atom. The number of halogens is 1. The van der Waals surface area contributed by atoms with Gasteiger partial charge in [0.25, 0.3) is 10.0 Å². The van der Waals surface area contributed by atoms with Crippen molar-refractivity contribution in [3.63, 3.8) is 0 Å². The van der Waals surface area contributed by atoms with Crippen LogP contribution in [0.3, 0.4) is 0 Å². The van der Waals surface area contributed by atoms with E-state index in [2.05, 4.69) is 0 Å². The molecule has 8 heteroatoms. The highest BCUT2D eigenvalue weighted by molar-refractivity contribution is 7.93. The standard InChI is InChI=1S/C15H13ClN2O4S/c16-11-7-4-8-13-15(11)12(9-14(19)17-20)18(23(13,21)22)10-5-2-1-3-6-10/h1-8,12,20H,9H2,(H,17,19). The number of anilines is 1. The van der Waals surface area contributed by atoms with E-state index in [4.69, 9.17) is 16.8 Å². The van der Waals surface area contributed by atoms with Gasteiger partial charge in [-0.1, -0.05) is 35.9 Å². The monoisotopic (exact) mass is 352 g/mol. The van der Waals surface area contributed by atoms with Gasteiger partial charge in [0, 0.05) is 10.6 Å². The number of nitrogens with zero attached hydrogens (tertiary/aromatic N) is 1. The maximum Gasteiger partial charge on any atom is 0.265 e. The van der Waals surface area contributed by atoms with E-state index in [9.17, 15) is 13.2 Å². The molecule has 2 aromatic rings. The number of hydrogen-bond acceptors (Lipinski definition) is 4. The van der Waals surface area contributed by atoms with E-state index in [0.717, 1.165) is 0 Å². The zero-order valence-corrected chi connectivity index (χ0v) is 13.4. The van der Waals surface area contributed by atoms with Crippen LogP contribution in [-0.4, -0.2) is 19.5 Å². The Balaban J connectivity index is 2.21. The molecule has 0 fully saturated rings. The Bertz CT molecular complexity index is 855. The van der Waals surface area contributed by atoms with Crippen molar-refractivity contribution in [2.24, 2.45) is 0 Å². The molecule has 1 amide bonds. The van der Waals surface area contributed by atoms with Gasteiger partial charge in [0.1, 0.15) is 0 Å². The normalized spacial score (nSPS) is 18.5. The molecule has 6 nitrogen and oxygen atoms in total. The van der Waals surface area contributed by atoms with Gasteiger partial charge in [0.15, 0.2) is 0 Å². The van der Waals surface area contributed by atoms with Crippen molar-refractivity contribution in [1.29, 1.82) is 0 Å². The molecular formula is C15H13ClN2O4S. The second-order valence-electron chi connectivity index (χ2n) is 5.04. The molecule has 0 radical (unpaired) electrons. The Morgan fingerprint density at radius 3 is 2.52 bits per heavy atom. The SMILES string of the molecule is O=C(CC1c2c(Cl)cccc2S(=O)(=O)N1c1ccccc1)NO. The molecule has 23 heavy (non-hydrogen) atoms. The van der Waals surface area contributed by atoms with Crippen LogP contribution >= 0.6 is 11.6 Å². The zero-order chi connectivity index (χ0) is 16.6. The summed E-state index contributed by atoms with van der Waals surface area (Å²) >= 11 is 6.19. The average molecular weight is 353 g/mol. The minimum atomic E-state index is -3.84. The minimum Gasteiger partial charge on any atom is -0.289 e. The number of hydroxylamine groups is 1. The number of fused-ring (bicyclic) bond motifs is 1. The van der Waals surface area contributed by atoms with Crippen LogP contribution in [0.25, 0.3) is 0 Å². The fourth-order valence-corrected chi connectivity index (χ4v) is 5.01. The lowest BCUT2D eigenvalue weighted by atomic mass is 10.0. The van der Waals surface area contributed by atoms with Crippen LogP contribution in [0.4, 0.5) is 5.69 Å². The van der Waals surface area contributed by atoms with Crippen molar-refractivity contribution in [1.82, 2.24) is 5.48 Å². The van der Waals surface area contributed by atoms with E-state index >= 15 is 0 Å². The number of nitrogens with one attached hydrogen (secondary N) is 1. The van der Waals surface area contributed by atoms with Gasteiger partial charge in [-0.15, -0.1) is 0 Å². The van der Waals surface area contributed by atoms with E-state index in [1.165, 1.54) is 15.9 Å². The molecule has 0 aromatic heterocycles. The van der Waals surface area contributed by atoms with Crippen molar-refractivity contribution in [2.75, 3.05) is 4.31 Å². The highest BCUT2D eigenvalue weighted by Gasteiger charge is 2.44. The molecule has 0 aliphatic carbocycles. The molecule has 1 unspecified atom stereocenters. The van der Waals surface area contributed by atoms with Crippen molar-refractivity contribution < 1.29 is 18.4 Å². The predicted molar refractivity (Wildman–Crippen MR) is 84.8 cm³/mol. The largest absolute Gasteiger partial charge is 0.289 e. The molecule has 1 aliphatic rings. The molecule has 120 valence electrons. The summed E-state index contributed by atoms with van der Waals surface area (Å²) < 4.78 is 26.9. The molecule has 3 rings (SSSR count). The fourth-order valence-electron chi connectivity index (χ4n) is 2.76. The first kappa shape index (κ1) is 15.8. The number of rotatable bonds is 3. The van der Waals surface area contributed by atoms with E-state index in [-0.39, 0.29) is 16.3 Å². The summed E-state index contributed by atoms with van der Waals surface area (Å²) in [7, 11) is -3.84. The first-order valence-corrected chi connectivity index (χ1v) is 8.59. The molecule has 2 N–H and O–H groups in total. The first-order chi connectivity index (χ1) is 11.0. The molecule has 0 saturated heterocycles. The van der Waals surface area contributed by atoms with Gasteiger partial charge in [-0.3, -0.25) is 14.3 Å². The van der Waals surface area contributed by atoms with Crippen molar-refractivity contribution in [3.05, 3.63) is 59.1 Å². The second-order valence-corrected chi connectivity index (χ2v) is 7.23. The highest BCUT2D eigenvalue weighted by atomic mass is 35.5. The minimum absolute atomic E-state index is 0.0737. The Morgan fingerprint density at radius 1 is 1.17 bits per heavy atom. The van der Waals surface area contributed by atoms with Crippen molar-refractivity contribution in [3.8, 4) is 0 Å². The van der Waals surface area contributed by atoms with Crippen molar-refractivity contribution in [2.45, 2.75) is 17.4 Å². The van der Waals surface area contributed by atoms with Crippen LogP contribution in [0.5, 0.6) is 0 Å². The van der Waals surface area contributed by atoms with Crippen LogP contribution < -0.4 is 9.79 Å². The summed E-state index contributed by atoms with van der Waals surface area (Å²) in [4.78, 5) is 11.7. The lowest BCUT2D eigenvalue weighted by Gasteiger charge is -2.25. The molecule has 2 aromatic carbocycles. The van der Waals surface area contributed by atoms with Gasteiger partial charge >= 0.3 is 0 Å². The maximum atomic E-state index is 12.9. The number of carbonyl (C=O) groups excluding carboxylic acids is 1. The van der Waals surface area contributed by atoms with E-state index in [1.807, 2.05) is 0 Å². The third-order valence-corrected chi connectivity index (χ3v) is 5.90. The molecule has 1 heterocycles. The summed E-state index contributed by atoms with van der Waals surface area (Å²) in [6.07, 6.45) is -0.249. The first-order valence-electron chi connectivity index (χ1n) is 6.77. The maximum absolute atomic E-state index is 12.9. The lowest BCUT2D eigenvalue weighted by molar-refractivity contribution is -0.129. The third-order valence-electron chi connectivity index (χ3n) is 3.68. The van der Waals surface area contributed by atoms with Gasteiger partial charge in [-0.25, -0.2) is 13.9 Å². The molecule has 1 aliphatic heterocycles. The van der Waals surface area contributed by atoms with Gasteiger partial charge in [-0.05, 0) is 24.3 Å². The zero-order valence-electron chi connectivity index (χ0n) is 11.8. The van der Waals surface area contributed by atoms with E-state index in [1.54, 1.807) is 42.5 Å². The Kier molecular flexibility index (Phi) is 4.01. The summed E-state index contributed by atoms with van der Waals surface area (Å²) in [5.41, 5.74) is 2.33. The van der Waals surface area contributed by atoms with Crippen LogP contribution in [0.15, 0.2) is 53.4 Å². The van der Waals surface area contributed by atoms with Gasteiger partial charge in [-0.2, -0.15) is 0 Å². The Labute approximate surface area is 138 Å². The highest BCUT2D eigenvalue weighted by Crippen LogP contribution is 2.46. The third kappa shape index (κ3) is 2.56. The number of amides is 1. The smallest absolute Gasteiger partial charge is 0.265 e. The average Bonchev–Trinajstić information content (AvgIpc) is 2.76. The van der Waals surface area contributed by atoms with E-state index < -0.39 is 22.0 Å². The summed E-state index contributed by atoms with van der Waals surface area (Å²) in [5, 5.41) is 9.06. The number of para-hydroxylation sites is 1. The number of benzene rings is 2. The molecular weight excluding hydrogens is 340 g/mol. The molecule has 0 spiro atoms. The van der Waals surface area contributed by atoms with E-state index in [0.29, 0.717) is 11.3 Å². The molecule has 1 atom stereocenters. The quantitative estimate of drug-likeness (QED) is 0.656. The van der Waals surface area contributed by atoms with Crippen molar-refractivity contribution >= 4 is 33.2 Å². The number of sulfonamides is 1. The van der Waals surface area contributed by atoms with Crippen LogP contribution in [0.2, 0.25) is 5.02 Å². The summed E-state index contributed by atoms with van der Waals surface area (Å²) in [5.74, 6) is -0.695. The number of carbonyl (C=O) groups is 1. The Hall–Kier alpha value is -2.09. The summed E-state index contributed by atoms with van der Waals surface area (Å²) in [6.45, 7) is 0. The van der Waals surface area contributed by atoms with Crippen LogP contribution in [0, 0.1) is 0 Å². The molecule has 0 bridgehead atoms. The fraction of sp³-hybridized carbons (Fsp3) is 0.133.